The van der Waals surface area contributed by atoms with E-state index in [0.717, 1.165) is 25.6 Å². The summed E-state index contributed by atoms with van der Waals surface area (Å²) in [7, 11) is -3.19. The standard InChI is InChI=1S/C10H21N3O3S/c1-3-11-7-10(14)13-6-4-5-9(8-13)12-17(2,15)16/h9,11-12H,3-8H2,1-2H3. The van der Waals surface area contributed by atoms with Crippen molar-refractivity contribution in [3.05, 3.63) is 0 Å². The summed E-state index contributed by atoms with van der Waals surface area (Å²) >= 11 is 0. The minimum atomic E-state index is -3.19. The number of likely N-dealkylation sites (N-methyl/N-ethyl adjacent to an activating group) is 1. The van der Waals surface area contributed by atoms with Crippen LogP contribution in [0.3, 0.4) is 0 Å². The molecule has 0 aromatic heterocycles. The molecule has 0 aromatic carbocycles. The molecule has 2 N–H and O–H groups in total. The van der Waals surface area contributed by atoms with Crippen LogP contribution in [0.2, 0.25) is 0 Å². The molecule has 100 valence electrons. The summed E-state index contributed by atoms with van der Waals surface area (Å²) in [5, 5.41) is 2.98. The van der Waals surface area contributed by atoms with Gasteiger partial charge in [0.2, 0.25) is 15.9 Å². The number of sulfonamides is 1. The minimum Gasteiger partial charge on any atom is -0.340 e. The average Bonchev–Trinajstić information content (AvgIpc) is 2.24. The largest absolute Gasteiger partial charge is 0.340 e. The summed E-state index contributed by atoms with van der Waals surface area (Å²) in [4.78, 5) is 13.5. The maximum absolute atomic E-state index is 11.8. The van der Waals surface area contributed by atoms with Gasteiger partial charge >= 0.3 is 0 Å². The fraction of sp³-hybridized carbons (Fsp3) is 0.900. The van der Waals surface area contributed by atoms with Crippen LogP contribution in [0.15, 0.2) is 0 Å². The molecular weight excluding hydrogens is 242 g/mol. The summed E-state index contributed by atoms with van der Waals surface area (Å²) in [6, 6.07) is -0.149. The van der Waals surface area contributed by atoms with Crippen LogP contribution in [0.4, 0.5) is 0 Å². The Morgan fingerprint density at radius 1 is 1.47 bits per heavy atom. The highest BCUT2D eigenvalue weighted by atomic mass is 32.2. The van der Waals surface area contributed by atoms with Gasteiger partial charge in [0.15, 0.2) is 0 Å². The van der Waals surface area contributed by atoms with Gasteiger partial charge in [-0.1, -0.05) is 6.92 Å². The average molecular weight is 263 g/mol. The summed E-state index contributed by atoms with van der Waals surface area (Å²) in [6.45, 7) is 4.20. The number of carbonyl (C=O) groups is 1. The number of hydrogen-bond donors (Lipinski definition) is 2. The molecule has 0 saturated carbocycles. The zero-order valence-corrected chi connectivity index (χ0v) is 11.2. The first-order valence-corrected chi connectivity index (χ1v) is 7.77. The van der Waals surface area contributed by atoms with Gasteiger partial charge in [0.05, 0.1) is 12.8 Å². The third-order valence-corrected chi connectivity index (χ3v) is 3.44. The van der Waals surface area contributed by atoms with Gasteiger partial charge in [-0.05, 0) is 19.4 Å². The van der Waals surface area contributed by atoms with E-state index in [-0.39, 0.29) is 11.9 Å². The number of nitrogens with one attached hydrogen (secondary N) is 2. The molecule has 0 aromatic rings. The van der Waals surface area contributed by atoms with Crippen LogP contribution in [0.1, 0.15) is 19.8 Å². The second-order valence-corrected chi connectivity index (χ2v) is 6.13. The Kier molecular flexibility index (Phi) is 5.35. The fourth-order valence-electron chi connectivity index (χ4n) is 1.95. The molecule has 6 nitrogen and oxygen atoms in total. The number of amides is 1. The monoisotopic (exact) mass is 263 g/mol. The zero-order chi connectivity index (χ0) is 12.9. The van der Waals surface area contributed by atoms with Gasteiger partial charge in [-0.25, -0.2) is 13.1 Å². The van der Waals surface area contributed by atoms with Gasteiger partial charge < -0.3 is 10.2 Å². The molecule has 0 aliphatic carbocycles. The lowest BCUT2D eigenvalue weighted by Gasteiger charge is -2.32. The highest BCUT2D eigenvalue weighted by molar-refractivity contribution is 7.88. The first-order chi connectivity index (χ1) is 7.92. The van der Waals surface area contributed by atoms with Crippen molar-refractivity contribution in [2.24, 2.45) is 0 Å². The van der Waals surface area contributed by atoms with Gasteiger partial charge in [-0.15, -0.1) is 0 Å². The van der Waals surface area contributed by atoms with Crippen LogP contribution in [-0.2, 0) is 14.8 Å². The number of likely N-dealkylation sites (tertiary alicyclic amines) is 1. The van der Waals surface area contributed by atoms with Crippen molar-refractivity contribution in [1.29, 1.82) is 0 Å². The van der Waals surface area contributed by atoms with Crippen molar-refractivity contribution in [3.63, 3.8) is 0 Å². The lowest BCUT2D eigenvalue weighted by atomic mass is 10.1. The van der Waals surface area contributed by atoms with Gasteiger partial charge in [0.1, 0.15) is 0 Å². The molecule has 1 amide bonds. The quantitative estimate of drug-likeness (QED) is 0.676. The Hall–Kier alpha value is -0.660. The lowest BCUT2D eigenvalue weighted by Crippen LogP contribution is -2.51. The first kappa shape index (κ1) is 14.4. The third-order valence-electron chi connectivity index (χ3n) is 2.68. The summed E-state index contributed by atoms with van der Waals surface area (Å²) in [5.74, 6) is 0.0341. The molecule has 1 saturated heterocycles. The first-order valence-electron chi connectivity index (χ1n) is 5.88. The van der Waals surface area contributed by atoms with Crippen molar-refractivity contribution in [1.82, 2.24) is 14.9 Å². The Morgan fingerprint density at radius 3 is 2.76 bits per heavy atom. The van der Waals surface area contributed by atoms with Crippen LogP contribution in [-0.4, -0.2) is 57.7 Å². The molecular formula is C10H21N3O3S. The molecule has 1 atom stereocenters. The number of piperidine rings is 1. The van der Waals surface area contributed by atoms with E-state index < -0.39 is 10.0 Å². The highest BCUT2D eigenvalue weighted by Crippen LogP contribution is 2.10. The van der Waals surface area contributed by atoms with Crippen LogP contribution in [0, 0.1) is 0 Å². The molecule has 0 spiro atoms. The molecule has 1 fully saturated rings. The maximum Gasteiger partial charge on any atom is 0.236 e. The lowest BCUT2D eigenvalue weighted by molar-refractivity contribution is -0.131. The predicted molar refractivity (Wildman–Crippen MR) is 66.1 cm³/mol. The van der Waals surface area contributed by atoms with E-state index in [1.165, 1.54) is 0 Å². The van der Waals surface area contributed by atoms with Crippen molar-refractivity contribution < 1.29 is 13.2 Å². The van der Waals surface area contributed by atoms with E-state index in [1.54, 1.807) is 4.90 Å². The Balaban J connectivity index is 2.46. The molecule has 1 unspecified atom stereocenters. The predicted octanol–water partition coefficient (Wildman–Crippen LogP) is -0.864. The van der Waals surface area contributed by atoms with Gasteiger partial charge in [-0.2, -0.15) is 0 Å². The van der Waals surface area contributed by atoms with Crippen molar-refractivity contribution >= 4 is 15.9 Å². The Bertz CT molecular complexity index is 356. The van der Waals surface area contributed by atoms with E-state index in [0.29, 0.717) is 19.6 Å². The minimum absolute atomic E-state index is 0.0341. The fourth-order valence-corrected chi connectivity index (χ4v) is 2.74. The molecule has 1 heterocycles. The topological polar surface area (TPSA) is 78.5 Å². The smallest absolute Gasteiger partial charge is 0.236 e. The molecule has 0 bridgehead atoms. The highest BCUT2D eigenvalue weighted by Gasteiger charge is 2.24. The zero-order valence-electron chi connectivity index (χ0n) is 10.4. The van der Waals surface area contributed by atoms with Crippen LogP contribution < -0.4 is 10.0 Å². The van der Waals surface area contributed by atoms with Crippen molar-refractivity contribution in [2.75, 3.05) is 32.4 Å². The van der Waals surface area contributed by atoms with E-state index in [4.69, 9.17) is 0 Å². The number of carbonyl (C=O) groups excluding carboxylic acids is 1. The molecule has 1 aliphatic rings. The van der Waals surface area contributed by atoms with Crippen molar-refractivity contribution in [3.8, 4) is 0 Å². The summed E-state index contributed by atoms with van der Waals surface area (Å²) < 4.78 is 24.8. The summed E-state index contributed by atoms with van der Waals surface area (Å²) in [6.07, 6.45) is 2.77. The molecule has 0 radical (unpaired) electrons. The SMILES string of the molecule is CCNCC(=O)N1CCCC(NS(C)(=O)=O)C1. The van der Waals surface area contributed by atoms with Gasteiger partial charge in [0, 0.05) is 19.1 Å². The van der Waals surface area contributed by atoms with Crippen LogP contribution >= 0.6 is 0 Å². The van der Waals surface area contributed by atoms with Crippen LogP contribution in [0.5, 0.6) is 0 Å². The number of nitrogens with zero attached hydrogens (tertiary/aromatic N) is 1. The molecule has 7 heteroatoms. The second kappa shape index (κ2) is 6.32. The van der Waals surface area contributed by atoms with E-state index in [1.807, 2.05) is 6.92 Å². The summed E-state index contributed by atoms with van der Waals surface area (Å²) in [5.41, 5.74) is 0. The van der Waals surface area contributed by atoms with Gasteiger partial charge in [-0.3, -0.25) is 4.79 Å². The second-order valence-electron chi connectivity index (χ2n) is 4.35. The Labute approximate surface area is 103 Å². The van der Waals surface area contributed by atoms with E-state index in [9.17, 15) is 13.2 Å². The maximum atomic E-state index is 11.8. The number of hydrogen-bond acceptors (Lipinski definition) is 4. The molecule has 1 aliphatic heterocycles. The molecule has 1 rings (SSSR count). The normalized spacial score (nSPS) is 21.5. The third kappa shape index (κ3) is 5.47. The van der Waals surface area contributed by atoms with Crippen LogP contribution in [0.25, 0.3) is 0 Å². The van der Waals surface area contributed by atoms with Crippen molar-refractivity contribution in [2.45, 2.75) is 25.8 Å². The van der Waals surface area contributed by atoms with Gasteiger partial charge in [0.25, 0.3) is 0 Å². The molecule has 17 heavy (non-hydrogen) atoms. The van der Waals surface area contributed by atoms with E-state index in [2.05, 4.69) is 10.0 Å². The Morgan fingerprint density at radius 2 is 2.18 bits per heavy atom. The number of rotatable bonds is 5. The van der Waals surface area contributed by atoms with E-state index >= 15 is 0 Å².